The van der Waals surface area contributed by atoms with Crippen LogP contribution in [0.25, 0.3) is 22.5 Å². The Balaban J connectivity index is 1.94. The normalized spacial score (nSPS) is 11.0. The zero-order valence-corrected chi connectivity index (χ0v) is 18.2. The van der Waals surface area contributed by atoms with Gasteiger partial charge in [-0.1, -0.05) is 79.3 Å². The van der Waals surface area contributed by atoms with E-state index >= 15 is 0 Å². The topological polar surface area (TPSA) is 46.9 Å². The second-order valence-corrected chi connectivity index (χ2v) is 8.30. The van der Waals surface area contributed by atoms with Crippen molar-refractivity contribution in [2.45, 2.75) is 44.8 Å². The Labute approximate surface area is 177 Å². The molecule has 0 atom stereocenters. The van der Waals surface area contributed by atoms with Gasteiger partial charge in [-0.05, 0) is 20.3 Å². The van der Waals surface area contributed by atoms with E-state index in [9.17, 15) is 4.79 Å². The van der Waals surface area contributed by atoms with E-state index in [0.717, 1.165) is 39.8 Å². The Bertz CT molecular complexity index is 920. The van der Waals surface area contributed by atoms with E-state index in [0.29, 0.717) is 13.0 Å². The molecule has 0 aliphatic carbocycles. The van der Waals surface area contributed by atoms with Gasteiger partial charge in [0.2, 0.25) is 5.91 Å². The molecule has 0 aliphatic rings. The molecule has 0 bridgehead atoms. The van der Waals surface area contributed by atoms with Crippen LogP contribution in [0.1, 0.15) is 39.7 Å². The maximum absolute atomic E-state index is 11.7. The van der Waals surface area contributed by atoms with Gasteiger partial charge in [-0.25, -0.2) is 4.98 Å². The maximum atomic E-state index is 11.7. The molecule has 0 unspecified atom stereocenters. The van der Waals surface area contributed by atoms with Gasteiger partial charge in [-0.3, -0.25) is 4.79 Å². The van der Waals surface area contributed by atoms with Crippen LogP contribution in [0.15, 0.2) is 65.8 Å². The molecule has 0 saturated heterocycles. The Hall–Kier alpha value is -2.53. The average molecular weight is 408 g/mol. The first-order chi connectivity index (χ1) is 14.1. The SMILES string of the molecule is CCCC(=O)NCCSc1nc(-c2ccccc2)c(-c2ccccc2)n1C(C)C. The van der Waals surface area contributed by atoms with Gasteiger partial charge in [-0.2, -0.15) is 0 Å². The fourth-order valence-electron chi connectivity index (χ4n) is 3.31. The molecule has 0 spiro atoms. The third kappa shape index (κ3) is 5.30. The first-order valence-electron chi connectivity index (χ1n) is 10.2. The van der Waals surface area contributed by atoms with Crippen molar-refractivity contribution in [3.05, 3.63) is 60.7 Å². The summed E-state index contributed by atoms with van der Waals surface area (Å²) in [5.74, 6) is 0.914. The summed E-state index contributed by atoms with van der Waals surface area (Å²) >= 11 is 1.70. The van der Waals surface area contributed by atoms with Gasteiger partial charge in [-0.15, -0.1) is 0 Å². The number of thioether (sulfide) groups is 1. The quantitative estimate of drug-likeness (QED) is 0.360. The minimum atomic E-state index is 0.121. The lowest BCUT2D eigenvalue weighted by Crippen LogP contribution is -2.25. The number of nitrogens with zero attached hydrogens (tertiary/aromatic N) is 2. The lowest BCUT2D eigenvalue weighted by atomic mass is 10.0. The molecular formula is C24H29N3OS. The van der Waals surface area contributed by atoms with Crippen molar-refractivity contribution < 1.29 is 4.79 Å². The molecule has 0 aliphatic heterocycles. The number of aromatic nitrogens is 2. The lowest BCUT2D eigenvalue weighted by molar-refractivity contribution is -0.120. The molecule has 29 heavy (non-hydrogen) atoms. The van der Waals surface area contributed by atoms with Crippen LogP contribution >= 0.6 is 11.8 Å². The van der Waals surface area contributed by atoms with Gasteiger partial charge in [0.15, 0.2) is 5.16 Å². The third-order valence-electron chi connectivity index (χ3n) is 4.62. The highest BCUT2D eigenvalue weighted by Gasteiger charge is 2.21. The van der Waals surface area contributed by atoms with Crippen molar-refractivity contribution in [1.29, 1.82) is 0 Å². The highest BCUT2D eigenvalue weighted by atomic mass is 32.2. The molecule has 1 aromatic heterocycles. The summed E-state index contributed by atoms with van der Waals surface area (Å²) in [6, 6.07) is 21.1. The Morgan fingerprint density at radius 1 is 1.03 bits per heavy atom. The monoisotopic (exact) mass is 407 g/mol. The van der Waals surface area contributed by atoms with Gasteiger partial charge >= 0.3 is 0 Å². The van der Waals surface area contributed by atoms with Crippen LogP contribution in [0.2, 0.25) is 0 Å². The third-order valence-corrected chi connectivity index (χ3v) is 5.58. The maximum Gasteiger partial charge on any atom is 0.220 e. The predicted molar refractivity (Wildman–Crippen MR) is 122 cm³/mol. The highest BCUT2D eigenvalue weighted by Crippen LogP contribution is 2.37. The minimum absolute atomic E-state index is 0.121. The number of hydrogen-bond acceptors (Lipinski definition) is 3. The minimum Gasteiger partial charge on any atom is -0.355 e. The average Bonchev–Trinajstić information content (AvgIpc) is 3.12. The molecule has 0 fully saturated rings. The number of imidazole rings is 1. The van der Waals surface area contributed by atoms with E-state index in [-0.39, 0.29) is 11.9 Å². The summed E-state index contributed by atoms with van der Waals surface area (Å²) < 4.78 is 2.32. The fraction of sp³-hybridized carbons (Fsp3) is 0.333. The molecule has 0 saturated carbocycles. The zero-order valence-electron chi connectivity index (χ0n) is 17.4. The van der Waals surface area contributed by atoms with Crippen LogP contribution in [0, 0.1) is 0 Å². The fourth-order valence-corrected chi connectivity index (χ4v) is 4.29. The molecule has 4 nitrogen and oxygen atoms in total. The standard InChI is InChI=1S/C24H29N3OS/c1-4-11-21(28)25-16-17-29-24-26-22(19-12-7-5-8-13-19)23(27(24)18(2)3)20-14-9-6-10-15-20/h5-10,12-15,18H,4,11,16-17H2,1-3H3,(H,25,28). The molecule has 1 amide bonds. The van der Waals surface area contributed by atoms with Crippen LogP contribution in [0.4, 0.5) is 0 Å². The van der Waals surface area contributed by atoms with Crippen molar-refractivity contribution in [1.82, 2.24) is 14.9 Å². The number of amides is 1. The highest BCUT2D eigenvalue weighted by molar-refractivity contribution is 7.99. The van der Waals surface area contributed by atoms with Crippen LogP contribution in [-0.4, -0.2) is 27.8 Å². The number of hydrogen-bond donors (Lipinski definition) is 1. The van der Waals surface area contributed by atoms with Crippen LogP contribution in [-0.2, 0) is 4.79 Å². The lowest BCUT2D eigenvalue weighted by Gasteiger charge is -2.16. The van der Waals surface area contributed by atoms with Gasteiger partial charge in [0.25, 0.3) is 0 Å². The van der Waals surface area contributed by atoms with Gasteiger partial charge in [0.05, 0.1) is 11.4 Å². The van der Waals surface area contributed by atoms with Crippen LogP contribution in [0.5, 0.6) is 0 Å². The molecule has 1 heterocycles. The predicted octanol–water partition coefficient (Wildman–Crippen LogP) is 5.81. The smallest absolute Gasteiger partial charge is 0.220 e. The number of nitrogens with one attached hydrogen (secondary N) is 1. The van der Waals surface area contributed by atoms with E-state index in [1.54, 1.807) is 11.8 Å². The Morgan fingerprint density at radius 2 is 1.66 bits per heavy atom. The summed E-state index contributed by atoms with van der Waals surface area (Å²) in [5, 5.41) is 3.98. The number of benzene rings is 2. The molecule has 3 aromatic rings. The first-order valence-corrected chi connectivity index (χ1v) is 11.2. The van der Waals surface area contributed by atoms with Crippen molar-refractivity contribution >= 4 is 17.7 Å². The Kier molecular flexibility index (Phi) is 7.53. The van der Waals surface area contributed by atoms with Crippen LogP contribution < -0.4 is 5.32 Å². The molecule has 3 rings (SSSR count). The molecule has 2 aromatic carbocycles. The van der Waals surface area contributed by atoms with Crippen molar-refractivity contribution in [3.8, 4) is 22.5 Å². The summed E-state index contributed by atoms with van der Waals surface area (Å²) in [4.78, 5) is 16.8. The molecule has 1 N–H and O–H groups in total. The number of carbonyl (C=O) groups is 1. The van der Waals surface area contributed by atoms with Crippen molar-refractivity contribution in [2.24, 2.45) is 0 Å². The number of rotatable bonds is 9. The van der Waals surface area contributed by atoms with Crippen LogP contribution in [0.3, 0.4) is 0 Å². The van der Waals surface area contributed by atoms with E-state index in [1.165, 1.54) is 0 Å². The van der Waals surface area contributed by atoms with Crippen molar-refractivity contribution in [2.75, 3.05) is 12.3 Å². The first kappa shape index (κ1) is 21.2. The zero-order chi connectivity index (χ0) is 20.6. The molecule has 152 valence electrons. The second-order valence-electron chi connectivity index (χ2n) is 7.24. The Morgan fingerprint density at radius 3 is 2.24 bits per heavy atom. The summed E-state index contributed by atoms with van der Waals surface area (Å²) in [6.45, 7) is 7.05. The van der Waals surface area contributed by atoms with Gasteiger partial charge in [0.1, 0.15) is 0 Å². The second kappa shape index (κ2) is 10.3. The molecule has 5 heteroatoms. The van der Waals surface area contributed by atoms with E-state index in [2.05, 4.69) is 72.3 Å². The van der Waals surface area contributed by atoms with E-state index in [1.807, 2.05) is 19.1 Å². The number of carbonyl (C=O) groups excluding carboxylic acids is 1. The molecule has 0 radical (unpaired) electrons. The van der Waals surface area contributed by atoms with Crippen molar-refractivity contribution in [3.63, 3.8) is 0 Å². The van der Waals surface area contributed by atoms with Gasteiger partial charge in [0, 0.05) is 35.9 Å². The van der Waals surface area contributed by atoms with E-state index < -0.39 is 0 Å². The summed E-state index contributed by atoms with van der Waals surface area (Å²) in [5.41, 5.74) is 4.42. The molecular weight excluding hydrogens is 378 g/mol. The summed E-state index contributed by atoms with van der Waals surface area (Å²) in [7, 11) is 0. The largest absolute Gasteiger partial charge is 0.355 e. The summed E-state index contributed by atoms with van der Waals surface area (Å²) in [6.07, 6.45) is 1.46. The van der Waals surface area contributed by atoms with Gasteiger partial charge < -0.3 is 9.88 Å². The van der Waals surface area contributed by atoms with E-state index in [4.69, 9.17) is 4.98 Å².